The van der Waals surface area contributed by atoms with Crippen LogP contribution in [0.1, 0.15) is 26.7 Å². The predicted molar refractivity (Wildman–Crippen MR) is 94.9 cm³/mol. The van der Waals surface area contributed by atoms with Crippen LogP contribution in [0.2, 0.25) is 0 Å². The Labute approximate surface area is 163 Å². The number of nitrogens with zero attached hydrogens (tertiary/aromatic N) is 3. The zero-order chi connectivity index (χ0) is 20.6. The van der Waals surface area contributed by atoms with Crippen LogP contribution < -0.4 is 10.9 Å². The van der Waals surface area contributed by atoms with E-state index in [1.165, 1.54) is 29.7 Å². The van der Waals surface area contributed by atoms with Gasteiger partial charge in [0.2, 0.25) is 0 Å². The molecule has 0 aliphatic carbocycles. The number of amides is 2. The van der Waals surface area contributed by atoms with Crippen molar-refractivity contribution in [3.05, 3.63) is 65.2 Å². The van der Waals surface area contributed by atoms with Crippen LogP contribution in [0.4, 0.5) is 13.2 Å². The Morgan fingerprint density at radius 3 is 2.55 bits per heavy atom. The van der Waals surface area contributed by atoms with Crippen molar-refractivity contribution in [3.63, 3.8) is 0 Å². The standard InChI is InChI=1S/C17H10F3N5O3S/c18-17(19,20)13-7-9(12-4-2-6-29-12)21-14-8-10(24-25(13)14)15(26)22-23-16(27)11-3-1-5-28-11/h1-8H,(H,22,26)(H,23,27). The van der Waals surface area contributed by atoms with Crippen molar-refractivity contribution in [2.24, 2.45) is 0 Å². The van der Waals surface area contributed by atoms with Gasteiger partial charge in [-0.15, -0.1) is 11.3 Å². The monoisotopic (exact) mass is 421 g/mol. The van der Waals surface area contributed by atoms with Crippen molar-refractivity contribution in [2.45, 2.75) is 6.18 Å². The Balaban J connectivity index is 1.66. The van der Waals surface area contributed by atoms with Gasteiger partial charge in [0.05, 0.1) is 16.8 Å². The fourth-order valence-corrected chi connectivity index (χ4v) is 3.17. The maximum absolute atomic E-state index is 13.5. The zero-order valence-corrected chi connectivity index (χ0v) is 15.0. The number of alkyl halides is 3. The summed E-state index contributed by atoms with van der Waals surface area (Å²) in [5, 5.41) is 5.41. The molecule has 0 unspecified atom stereocenters. The largest absolute Gasteiger partial charge is 0.459 e. The van der Waals surface area contributed by atoms with Crippen LogP contribution in [-0.4, -0.2) is 26.4 Å². The van der Waals surface area contributed by atoms with Crippen LogP contribution >= 0.6 is 11.3 Å². The summed E-state index contributed by atoms with van der Waals surface area (Å²) < 4.78 is 45.9. The smallest absolute Gasteiger partial charge is 0.433 e. The number of nitrogens with one attached hydrogen (secondary N) is 2. The second-order valence-electron chi connectivity index (χ2n) is 5.69. The van der Waals surface area contributed by atoms with Crippen LogP contribution in [0.5, 0.6) is 0 Å². The van der Waals surface area contributed by atoms with Gasteiger partial charge in [0.25, 0.3) is 5.91 Å². The fraction of sp³-hybridized carbons (Fsp3) is 0.0588. The molecule has 0 spiro atoms. The van der Waals surface area contributed by atoms with Gasteiger partial charge in [0.15, 0.2) is 22.8 Å². The van der Waals surface area contributed by atoms with E-state index in [0.29, 0.717) is 9.39 Å². The molecule has 0 atom stereocenters. The molecule has 148 valence electrons. The third kappa shape index (κ3) is 3.69. The molecule has 2 amide bonds. The first-order chi connectivity index (χ1) is 13.8. The highest BCUT2D eigenvalue weighted by molar-refractivity contribution is 7.13. The van der Waals surface area contributed by atoms with Crippen molar-refractivity contribution in [1.29, 1.82) is 0 Å². The lowest BCUT2D eigenvalue weighted by atomic mass is 10.2. The van der Waals surface area contributed by atoms with Gasteiger partial charge in [0.1, 0.15) is 0 Å². The molecule has 4 rings (SSSR count). The number of hydrogen-bond donors (Lipinski definition) is 2. The van der Waals surface area contributed by atoms with Gasteiger partial charge in [-0.05, 0) is 29.6 Å². The van der Waals surface area contributed by atoms with Gasteiger partial charge in [-0.25, -0.2) is 9.50 Å². The molecule has 29 heavy (non-hydrogen) atoms. The highest BCUT2D eigenvalue weighted by Crippen LogP contribution is 2.33. The lowest BCUT2D eigenvalue weighted by Crippen LogP contribution is -2.41. The average molecular weight is 421 g/mol. The second-order valence-corrected chi connectivity index (χ2v) is 6.63. The number of thiophene rings is 1. The molecule has 0 saturated carbocycles. The molecule has 4 aromatic heterocycles. The molecule has 0 fully saturated rings. The van der Waals surface area contributed by atoms with E-state index < -0.39 is 23.7 Å². The summed E-state index contributed by atoms with van der Waals surface area (Å²) in [6, 6.07) is 8.15. The number of hydrogen-bond acceptors (Lipinski definition) is 6. The van der Waals surface area contributed by atoms with E-state index in [1.54, 1.807) is 17.5 Å². The number of rotatable bonds is 3. The zero-order valence-electron chi connectivity index (χ0n) is 14.2. The Morgan fingerprint density at radius 2 is 1.90 bits per heavy atom. The third-order valence-corrected chi connectivity index (χ3v) is 4.65. The molecule has 0 bridgehead atoms. The Morgan fingerprint density at radius 1 is 1.10 bits per heavy atom. The molecule has 2 N–H and O–H groups in total. The SMILES string of the molecule is O=C(NNC(=O)c1ccco1)c1cc2nc(-c3cccs3)cc(C(F)(F)F)n2n1. The summed E-state index contributed by atoms with van der Waals surface area (Å²) in [5.41, 5.74) is 2.66. The number of furan rings is 1. The molecule has 4 aromatic rings. The number of aromatic nitrogens is 3. The van der Waals surface area contributed by atoms with Crippen molar-refractivity contribution >= 4 is 28.8 Å². The maximum Gasteiger partial charge on any atom is 0.433 e. The highest BCUT2D eigenvalue weighted by Gasteiger charge is 2.35. The lowest BCUT2D eigenvalue weighted by Gasteiger charge is -2.10. The number of carbonyl (C=O) groups excluding carboxylic acids is 2. The summed E-state index contributed by atoms with van der Waals surface area (Å²) in [4.78, 5) is 28.7. The minimum Gasteiger partial charge on any atom is -0.459 e. The quantitative estimate of drug-likeness (QED) is 0.495. The van der Waals surface area contributed by atoms with E-state index in [1.807, 2.05) is 0 Å². The average Bonchev–Trinajstić information content (AvgIpc) is 3.44. The van der Waals surface area contributed by atoms with E-state index in [9.17, 15) is 22.8 Å². The minimum atomic E-state index is -4.72. The molecule has 0 radical (unpaired) electrons. The summed E-state index contributed by atoms with van der Waals surface area (Å²) in [5.74, 6) is -1.70. The molecule has 0 aromatic carbocycles. The molecule has 4 heterocycles. The van der Waals surface area contributed by atoms with Crippen LogP contribution in [0.25, 0.3) is 16.2 Å². The van der Waals surface area contributed by atoms with Crippen molar-refractivity contribution in [2.75, 3.05) is 0 Å². The summed E-state index contributed by atoms with van der Waals surface area (Å²) in [6.45, 7) is 0. The van der Waals surface area contributed by atoms with Crippen LogP contribution in [0.15, 0.2) is 52.5 Å². The number of fused-ring (bicyclic) bond motifs is 1. The maximum atomic E-state index is 13.5. The summed E-state index contributed by atoms with van der Waals surface area (Å²) in [7, 11) is 0. The van der Waals surface area contributed by atoms with Gasteiger partial charge in [-0.2, -0.15) is 18.3 Å². The summed E-state index contributed by atoms with van der Waals surface area (Å²) in [6.07, 6.45) is -3.45. The van der Waals surface area contributed by atoms with E-state index in [0.717, 1.165) is 12.1 Å². The van der Waals surface area contributed by atoms with Gasteiger partial charge >= 0.3 is 12.1 Å². The second kappa shape index (κ2) is 7.05. The summed E-state index contributed by atoms with van der Waals surface area (Å²) >= 11 is 1.23. The first-order valence-corrected chi connectivity index (χ1v) is 8.87. The number of halogens is 3. The Kier molecular flexibility index (Phi) is 4.54. The number of hydrazine groups is 1. The normalized spacial score (nSPS) is 11.6. The highest BCUT2D eigenvalue weighted by atomic mass is 32.1. The van der Waals surface area contributed by atoms with E-state index in [4.69, 9.17) is 4.42 Å². The van der Waals surface area contributed by atoms with E-state index in [2.05, 4.69) is 20.9 Å². The van der Waals surface area contributed by atoms with Gasteiger partial charge in [-0.3, -0.25) is 20.4 Å². The first kappa shape index (κ1) is 18.7. The minimum absolute atomic E-state index is 0.0538. The van der Waals surface area contributed by atoms with Crippen molar-refractivity contribution in [1.82, 2.24) is 25.4 Å². The predicted octanol–water partition coefficient (Wildman–Crippen LogP) is 3.14. The molecular formula is C17H10F3N5O3S. The lowest BCUT2D eigenvalue weighted by molar-refractivity contribution is -0.142. The van der Waals surface area contributed by atoms with E-state index >= 15 is 0 Å². The topological polar surface area (TPSA) is 102 Å². The van der Waals surface area contributed by atoms with Crippen molar-refractivity contribution < 1.29 is 27.2 Å². The fourth-order valence-electron chi connectivity index (χ4n) is 2.48. The Hall–Kier alpha value is -3.67. The first-order valence-electron chi connectivity index (χ1n) is 7.99. The van der Waals surface area contributed by atoms with Gasteiger partial charge < -0.3 is 4.42 Å². The molecule has 0 aliphatic rings. The van der Waals surface area contributed by atoms with Gasteiger partial charge in [0, 0.05) is 6.07 Å². The van der Waals surface area contributed by atoms with Crippen LogP contribution in [0, 0.1) is 0 Å². The molecular weight excluding hydrogens is 411 g/mol. The molecule has 0 saturated heterocycles. The third-order valence-electron chi connectivity index (χ3n) is 3.76. The van der Waals surface area contributed by atoms with Crippen molar-refractivity contribution in [3.8, 4) is 10.6 Å². The van der Waals surface area contributed by atoms with Crippen LogP contribution in [0.3, 0.4) is 0 Å². The van der Waals surface area contributed by atoms with Gasteiger partial charge in [-0.1, -0.05) is 6.07 Å². The van der Waals surface area contributed by atoms with Crippen LogP contribution in [-0.2, 0) is 6.18 Å². The molecule has 8 nitrogen and oxygen atoms in total. The molecule has 12 heteroatoms. The molecule has 0 aliphatic heterocycles. The van der Waals surface area contributed by atoms with E-state index in [-0.39, 0.29) is 22.8 Å². The Bertz CT molecular complexity index is 1180. The number of carbonyl (C=O) groups is 2.